The predicted octanol–water partition coefficient (Wildman–Crippen LogP) is 3.30. The number of amides is 1. The maximum absolute atomic E-state index is 11.9. The van der Waals surface area contributed by atoms with Crippen LogP contribution in [0.15, 0.2) is 28.3 Å². The summed E-state index contributed by atoms with van der Waals surface area (Å²) in [7, 11) is 0. The van der Waals surface area contributed by atoms with Crippen LogP contribution in [0, 0.1) is 0 Å². The molecule has 1 aliphatic rings. The van der Waals surface area contributed by atoms with Crippen molar-refractivity contribution in [2.24, 2.45) is 5.16 Å². The molecule has 0 aromatic heterocycles. The van der Waals surface area contributed by atoms with Crippen molar-refractivity contribution in [3.63, 3.8) is 0 Å². The van der Waals surface area contributed by atoms with Gasteiger partial charge in [-0.25, -0.2) is 0 Å². The van der Waals surface area contributed by atoms with Gasteiger partial charge in [-0.3, -0.25) is 4.79 Å². The first kappa shape index (κ1) is 14.9. The van der Waals surface area contributed by atoms with E-state index in [2.05, 4.69) is 11.2 Å². The molecule has 1 aromatic carbocycles. The molecule has 4 nitrogen and oxygen atoms in total. The number of nitrogens with zero attached hydrogens (tertiary/aromatic N) is 2. The largest absolute Gasteiger partial charge is 0.396 e. The van der Waals surface area contributed by atoms with Gasteiger partial charge in [0.15, 0.2) is 0 Å². The zero-order chi connectivity index (χ0) is 14.5. The van der Waals surface area contributed by atoms with Crippen LogP contribution in [-0.2, 0) is 9.63 Å². The molecule has 2 rings (SSSR count). The summed E-state index contributed by atoms with van der Waals surface area (Å²) in [5.74, 6) is 0.686. The van der Waals surface area contributed by atoms with Crippen LogP contribution in [0.4, 0.5) is 5.69 Å². The molecule has 0 aliphatic carbocycles. The highest BCUT2D eigenvalue weighted by molar-refractivity contribution is 8.00. The van der Waals surface area contributed by atoms with E-state index in [1.54, 1.807) is 11.8 Å². The van der Waals surface area contributed by atoms with Crippen molar-refractivity contribution in [1.82, 2.24) is 0 Å². The highest BCUT2D eigenvalue weighted by Crippen LogP contribution is 2.35. The maximum atomic E-state index is 11.9. The van der Waals surface area contributed by atoms with E-state index in [-0.39, 0.29) is 5.91 Å². The SMILES string of the molecule is CCCO/N=C(\C)c1ccc2c(c1)N(CC)C(=O)CS2. The summed E-state index contributed by atoms with van der Waals surface area (Å²) in [5, 5.41) is 4.11. The van der Waals surface area contributed by atoms with Crippen molar-refractivity contribution >= 4 is 29.1 Å². The zero-order valence-corrected chi connectivity index (χ0v) is 13.0. The van der Waals surface area contributed by atoms with Crippen molar-refractivity contribution in [2.45, 2.75) is 32.1 Å². The Balaban J connectivity index is 2.28. The standard InChI is InChI=1S/C15H20N2O2S/c1-4-8-19-16-11(3)12-6-7-14-13(9-12)17(5-2)15(18)10-20-14/h6-7,9H,4-5,8,10H2,1-3H3/b16-11+. The molecule has 0 saturated heterocycles. The van der Waals surface area contributed by atoms with Gasteiger partial charge in [-0.15, -0.1) is 11.8 Å². The second-order valence-corrected chi connectivity index (χ2v) is 5.64. The average molecular weight is 292 g/mol. The minimum absolute atomic E-state index is 0.166. The summed E-state index contributed by atoms with van der Waals surface area (Å²) in [6.07, 6.45) is 0.940. The van der Waals surface area contributed by atoms with Crippen molar-refractivity contribution in [3.05, 3.63) is 23.8 Å². The molecule has 1 amide bonds. The summed E-state index contributed by atoms with van der Waals surface area (Å²) in [6.45, 7) is 7.28. The van der Waals surface area contributed by atoms with Gasteiger partial charge in [0.25, 0.3) is 0 Å². The number of fused-ring (bicyclic) bond motifs is 1. The molecule has 0 unspecified atom stereocenters. The molecule has 1 heterocycles. The Bertz CT molecular complexity index is 529. The van der Waals surface area contributed by atoms with Gasteiger partial charge in [0.05, 0.1) is 17.2 Å². The normalized spacial score (nSPS) is 15.2. The molecular formula is C15H20N2O2S. The number of carbonyl (C=O) groups is 1. The average Bonchev–Trinajstić information content (AvgIpc) is 2.46. The molecule has 0 spiro atoms. The van der Waals surface area contributed by atoms with Gasteiger partial charge in [0, 0.05) is 17.0 Å². The fraction of sp³-hybridized carbons (Fsp3) is 0.467. The third-order valence-corrected chi connectivity index (χ3v) is 4.18. The molecule has 108 valence electrons. The predicted molar refractivity (Wildman–Crippen MR) is 83.6 cm³/mol. The number of benzene rings is 1. The van der Waals surface area contributed by atoms with Gasteiger partial charge < -0.3 is 9.74 Å². The first-order valence-electron chi connectivity index (χ1n) is 6.91. The van der Waals surface area contributed by atoms with Gasteiger partial charge in [0.1, 0.15) is 6.61 Å². The van der Waals surface area contributed by atoms with Crippen molar-refractivity contribution in [3.8, 4) is 0 Å². The molecule has 5 heteroatoms. The van der Waals surface area contributed by atoms with E-state index < -0.39 is 0 Å². The Labute approximate surface area is 124 Å². The Morgan fingerprint density at radius 1 is 1.45 bits per heavy atom. The third kappa shape index (κ3) is 3.15. The van der Waals surface area contributed by atoms with Crippen LogP contribution in [0.1, 0.15) is 32.8 Å². The minimum atomic E-state index is 0.166. The monoisotopic (exact) mass is 292 g/mol. The van der Waals surface area contributed by atoms with E-state index >= 15 is 0 Å². The van der Waals surface area contributed by atoms with Crippen LogP contribution in [0.25, 0.3) is 0 Å². The number of carbonyl (C=O) groups excluding carboxylic acids is 1. The van der Waals surface area contributed by atoms with E-state index in [1.165, 1.54) is 0 Å². The van der Waals surface area contributed by atoms with Crippen LogP contribution < -0.4 is 4.90 Å². The Hall–Kier alpha value is -1.49. The lowest BCUT2D eigenvalue weighted by Crippen LogP contribution is -2.35. The van der Waals surface area contributed by atoms with E-state index in [9.17, 15) is 4.79 Å². The number of oxime groups is 1. The second kappa shape index (κ2) is 6.79. The van der Waals surface area contributed by atoms with E-state index in [0.29, 0.717) is 18.9 Å². The van der Waals surface area contributed by atoms with Crippen LogP contribution in [-0.4, -0.2) is 30.5 Å². The van der Waals surface area contributed by atoms with Gasteiger partial charge >= 0.3 is 0 Å². The third-order valence-electron chi connectivity index (χ3n) is 3.13. The summed E-state index contributed by atoms with van der Waals surface area (Å²) in [5.41, 5.74) is 2.81. The zero-order valence-electron chi connectivity index (χ0n) is 12.2. The number of thioether (sulfide) groups is 1. The molecule has 0 N–H and O–H groups in total. The van der Waals surface area contributed by atoms with Crippen molar-refractivity contribution < 1.29 is 9.63 Å². The molecule has 20 heavy (non-hydrogen) atoms. The smallest absolute Gasteiger partial charge is 0.237 e. The fourth-order valence-electron chi connectivity index (χ4n) is 2.06. The lowest BCUT2D eigenvalue weighted by molar-refractivity contribution is -0.116. The lowest BCUT2D eigenvalue weighted by atomic mass is 10.1. The quantitative estimate of drug-likeness (QED) is 0.475. The molecule has 1 aliphatic heterocycles. The number of hydrogen-bond donors (Lipinski definition) is 0. The van der Waals surface area contributed by atoms with Gasteiger partial charge in [-0.2, -0.15) is 0 Å². The Morgan fingerprint density at radius 2 is 2.25 bits per heavy atom. The van der Waals surface area contributed by atoms with Gasteiger partial charge in [-0.05, 0) is 32.4 Å². The first-order chi connectivity index (χ1) is 9.67. The topological polar surface area (TPSA) is 41.9 Å². The highest BCUT2D eigenvalue weighted by Gasteiger charge is 2.23. The molecule has 1 aromatic rings. The van der Waals surface area contributed by atoms with E-state index in [1.807, 2.05) is 37.8 Å². The van der Waals surface area contributed by atoms with Crippen LogP contribution in [0.3, 0.4) is 0 Å². The molecule has 0 saturated carbocycles. The van der Waals surface area contributed by atoms with Crippen LogP contribution >= 0.6 is 11.8 Å². The molecular weight excluding hydrogens is 272 g/mol. The number of anilines is 1. The highest BCUT2D eigenvalue weighted by atomic mass is 32.2. The number of hydrogen-bond acceptors (Lipinski definition) is 4. The summed E-state index contributed by atoms with van der Waals surface area (Å²) >= 11 is 1.60. The fourth-order valence-corrected chi connectivity index (χ4v) is 2.98. The minimum Gasteiger partial charge on any atom is -0.396 e. The maximum Gasteiger partial charge on any atom is 0.237 e. The summed E-state index contributed by atoms with van der Waals surface area (Å²) in [4.78, 5) is 20.1. The lowest BCUT2D eigenvalue weighted by Gasteiger charge is -2.28. The molecule has 0 fully saturated rings. The van der Waals surface area contributed by atoms with Crippen molar-refractivity contribution in [2.75, 3.05) is 23.8 Å². The molecule has 0 atom stereocenters. The molecule has 0 radical (unpaired) electrons. The first-order valence-corrected chi connectivity index (χ1v) is 7.90. The van der Waals surface area contributed by atoms with Crippen LogP contribution in [0.2, 0.25) is 0 Å². The Kier molecular flexibility index (Phi) is 5.06. The summed E-state index contributed by atoms with van der Waals surface area (Å²) < 4.78 is 0. The van der Waals surface area contributed by atoms with Crippen molar-refractivity contribution in [1.29, 1.82) is 0 Å². The van der Waals surface area contributed by atoms with E-state index in [4.69, 9.17) is 4.84 Å². The Morgan fingerprint density at radius 3 is 2.95 bits per heavy atom. The summed E-state index contributed by atoms with van der Waals surface area (Å²) in [6, 6.07) is 6.11. The van der Waals surface area contributed by atoms with E-state index in [0.717, 1.165) is 28.3 Å². The molecule has 0 bridgehead atoms. The number of rotatable bonds is 5. The van der Waals surface area contributed by atoms with Crippen LogP contribution in [0.5, 0.6) is 0 Å². The second-order valence-electron chi connectivity index (χ2n) is 4.62. The van der Waals surface area contributed by atoms with Gasteiger partial charge in [0.2, 0.25) is 5.91 Å². The van der Waals surface area contributed by atoms with Gasteiger partial charge in [-0.1, -0.05) is 18.1 Å².